The summed E-state index contributed by atoms with van der Waals surface area (Å²) >= 11 is 0. The number of nitrogens with two attached hydrogens (primary N) is 1. The molecule has 0 spiro atoms. The predicted octanol–water partition coefficient (Wildman–Crippen LogP) is 2.66. The monoisotopic (exact) mass is 216 g/mol. The SMILES string of the molecule is Cc1coc(CCc2ccc(C)c(N)c2)n1. The van der Waals surface area contributed by atoms with Gasteiger partial charge in [-0.05, 0) is 37.5 Å². The van der Waals surface area contributed by atoms with E-state index in [0.717, 1.165) is 35.7 Å². The first kappa shape index (κ1) is 10.7. The molecule has 0 unspecified atom stereocenters. The number of nitrogens with zero attached hydrogens (tertiary/aromatic N) is 1. The molecular weight excluding hydrogens is 200 g/mol. The Balaban J connectivity index is 2.02. The fourth-order valence-corrected chi connectivity index (χ4v) is 1.61. The summed E-state index contributed by atoms with van der Waals surface area (Å²) in [5.74, 6) is 0.789. The zero-order chi connectivity index (χ0) is 11.5. The molecule has 0 amide bonds. The molecule has 1 aromatic carbocycles. The van der Waals surface area contributed by atoms with E-state index in [-0.39, 0.29) is 0 Å². The molecule has 0 radical (unpaired) electrons. The van der Waals surface area contributed by atoms with Crippen LogP contribution in [0.25, 0.3) is 0 Å². The number of anilines is 1. The number of benzene rings is 1. The van der Waals surface area contributed by atoms with Crippen molar-refractivity contribution in [1.29, 1.82) is 0 Å². The summed E-state index contributed by atoms with van der Waals surface area (Å²) in [5, 5.41) is 0. The molecule has 3 heteroatoms. The molecule has 2 rings (SSSR count). The first-order valence-electron chi connectivity index (χ1n) is 5.41. The predicted molar refractivity (Wildman–Crippen MR) is 64.2 cm³/mol. The van der Waals surface area contributed by atoms with Crippen LogP contribution in [0.1, 0.15) is 22.7 Å². The highest BCUT2D eigenvalue weighted by Crippen LogP contribution is 2.14. The fraction of sp³-hybridized carbons (Fsp3) is 0.308. The lowest BCUT2D eigenvalue weighted by atomic mass is 10.1. The Morgan fingerprint density at radius 1 is 1.25 bits per heavy atom. The minimum atomic E-state index is 0.789. The molecule has 1 aromatic heterocycles. The number of aryl methyl sites for hydroxylation is 4. The van der Waals surface area contributed by atoms with Gasteiger partial charge in [-0.25, -0.2) is 4.98 Å². The first-order chi connectivity index (χ1) is 7.65. The standard InChI is InChI=1S/C13H16N2O/c1-9-3-4-11(7-12(9)14)5-6-13-15-10(2)8-16-13/h3-4,7-8H,5-6,14H2,1-2H3. The van der Waals surface area contributed by atoms with E-state index in [1.165, 1.54) is 5.56 Å². The molecule has 1 heterocycles. The van der Waals surface area contributed by atoms with Crippen LogP contribution in [0.15, 0.2) is 28.9 Å². The van der Waals surface area contributed by atoms with Crippen molar-refractivity contribution in [3.8, 4) is 0 Å². The van der Waals surface area contributed by atoms with Crippen LogP contribution in [0.3, 0.4) is 0 Å². The molecule has 0 bridgehead atoms. The minimum Gasteiger partial charge on any atom is -0.449 e. The molecule has 3 nitrogen and oxygen atoms in total. The van der Waals surface area contributed by atoms with E-state index in [4.69, 9.17) is 10.2 Å². The van der Waals surface area contributed by atoms with Crippen molar-refractivity contribution in [3.05, 3.63) is 47.2 Å². The van der Waals surface area contributed by atoms with Gasteiger partial charge in [0.2, 0.25) is 0 Å². The van der Waals surface area contributed by atoms with E-state index in [2.05, 4.69) is 11.1 Å². The third-order valence-corrected chi connectivity index (χ3v) is 2.64. The summed E-state index contributed by atoms with van der Waals surface area (Å²) in [6, 6.07) is 6.16. The zero-order valence-electron chi connectivity index (χ0n) is 9.66. The van der Waals surface area contributed by atoms with E-state index < -0.39 is 0 Å². The van der Waals surface area contributed by atoms with E-state index in [0.29, 0.717) is 0 Å². The molecule has 0 saturated heterocycles. The average molecular weight is 216 g/mol. The number of rotatable bonds is 3. The normalized spacial score (nSPS) is 10.6. The Labute approximate surface area is 95.3 Å². The van der Waals surface area contributed by atoms with Crippen LogP contribution in [0.4, 0.5) is 5.69 Å². The van der Waals surface area contributed by atoms with Crippen LogP contribution < -0.4 is 5.73 Å². The van der Waals surface area contributed by atoms with Crippen LogP contribution in [-0.2, 0) is 12.8 Å². The van der Waals surface area contributed by atoms with Crippen molar-refractivity contribution in [1.82, 2.24) is 4.98 Å². The highest BCUT2D eigenvalue weighted by molar-refractivity contribution is 5.48. The molecule has 2 N–H and O–H groups in total. The third kappa shape index (κ3) is 2.42. The van der Waals surface area contributed by atoms with Crippen molar-refractivity contribution >= 4 is 5.69 Å². The maximum absolute atomic E-state index is 5.85. The molecule has 0 aliphatic heterocycles. The summed E-state index contributed by atoms with van der Waals surface area (Å²) in [6.45, 7) is 3.94. The molecule has 0 saturated carbocycles. The van der Waals surface area contributed by atoms with Gasteiger partial charge >= 0.3 is 0 Å². The summed E-state index contributed by atoms with van der Waals surface area (Å²) in [5.41, 5.74) is 9.97. The van der Waals surface area contributed by atoms with E-state index in [1.54, 1.807) is 6.26 Å². The van der Waals surface area contributed by atoms with Gasteiger partial charge in [0.25, 0.3) is 0 Å². The first-order valence-corrected chi connectivity index (χ1v) is 5.41. The van der Waals surface area contributed by atoms with Crippen molar-refractivity contribution in [3.63, 3.8) is 0 Å². The number of aromatic nitrogens is 1. The second kappa shape index (κ2) is 4.39. The van der Waals surface area contributed by atoms with Crippen LogP contribution in [0.2, 0.25) is 0 Å². The van der Waals surface area contributed by atoms with Crippen molar-refractivity contribution < 1.29 is 4.42 Å². The van der Waals surface area contributed by atoms with Gasteiger partial charge in [-0.1, -0.05) is 12.1 Å². The summed E-state index contributed by atoms with van der Waals surface area (Å²) in [6.07, 6.45) is 3.40. The second-order valence-electron chi connectivity index (χ2n) is 4.07. The zero-order valence-corrected chi connectivity index (χ0v) is 9.66. The average Bonchev–Trinajstić information content (AvgIpc) is 2.66. The summed E-state index contributed by atoms with van der Waals surface area (Å²) in [7, 11) is 0. The Kier molecular flexibility index (Phi) is 2.95. The molecule has 0 atom stereocenters. The van der Waals surface area contributed by atoms with E-state index in [1.807, 2.05) is 26.0 Å². The Bertz CT molecular complexity index is 488. The largest absolute Gasteiger partial charge is 0.449 e. The Morgan fingerprint density at radius 3 is 2.69 bits per heavy atom. The maximum atomic E-state index is 5.85. The van der Waals surface area contributed by atoms with Gasteiger partial charge in [-0.15, -0.1) is 0 Å². The highest BCUT2D eigenvalue weighted by Gasteiger charge is 2.02. The van der Waals surface area contributed by atoms with Crippen LogP contribution in [0, 0.1) is 13.8 Å². The van der Waals surface area contributed by atoms with Crippen LogP contribution >= 0.6 is 0 Å². The molecule has 0 aliphatic carbocycles. The van der Waals surface area contributed by atoms with Crippen molar-refractivity contribution in [2.75, 3.05) is 5.73 Å². The molecule has 0 fully saturated rings. The van der Waals surface area contributed by atoms with Gasteiger partial charge in [0.15, 0.2) is 5.89 Å². The molecular formula is C13H16N2O. The van der Waals surface area contributed by atoms with Gasteiger partial charge < -0.3 is 10.2 Å². The Morgan fingerprint density at radius 2 is 2.06 bits per heavy atom. The van der Waals surface area contributed by atoms with Crippen molar-refractivity contribution in [2.45, 2.75) is 26.7 Å². The van der Waals surface area contributed by atoms with Crippen molar-refractivity contribution in [2.24, 2.45) is 0 Å². The lowest BCUT2D eigenvalue weighted by Crippen LogP contribution is -1.95. The number of hydrogen-bond donors (Lipinski definition) is 1. The van der Waals surface area contributed by atoms with Crippen LogP contribution in [0.5, 0.6) is 0 Å². The minimum absolute atomic E-state index is 0.789. The van der Waals surface area contributed by atoms with Gasteiger partial charge in [0.05, 0.1) is 5.69 Å². The molecule has 0 aliphatic rings. The number of nitrogen functional groups attached to an aromatic ring is 1. The van der Waals surface area contributed by atoms with E-state index in [9.17, 15) is 0 Å². The topological polar surface area (TPSA) is 52.0 Å². The Hall–Kier alpha value is -1.77. The van der Waals surface area contributed by atoms with Gasteiger partial charge in [0, 0.05) is 12.1 Å². The van der Waals surface area contributed by atoms with Gasteiger partial charge in [-0.2, -0.15) is 0 Å². The maximum Gasteiger partial charge on any atom is 0.194 e. The smallest absolute Gasteiger partial charge is 0.194 e. The van der Waals surface area contributed by atoms with Gasteiger partial charge in [0.1, 0.15) is 6.26 Å². The lowest BCUT2D eigenvalue weighted by molar-refractivity contribution is 0.493. The lowest BCUT2D eigenvalue weighted by Gasteiger charge is -2.03. The molecule has 16 heavy (non-hydrogen) atoms. The van der Waals surface area contributed by atoms with Crippen LogP contribution in [-0.4, -0.2) is 4.98 Å². The number of hydrogen-bond acceptors (Lipinski definition) is 3. The van der Waals surface area contributed by atoms with E-state index >= 15 is 0 Å². The summed E-state index contributed by atoms with van der Waals surface area (Å²) in [4.78, 5) is 4.27. The third-order valence-electron chi connectivity index (χ3n) is 2.64. The highest BCUT2D eigenvalue weighted by atomic mass is 16.3. The fourth-order valence-electron chi connectivity index (χ4n) is 1.61. The molecule has 84 valence electrons. The number of oxazole rings is 1. The summed E-state index contributed by atoms with van der Waals surface area (Å²) < 4.78 is 5.30. The molecule has 2 aromatic rings. The quantitative estimate of drug-likeness (QED) is 0.802. The van der Waals surface area contributed by atoms with Gasteiger partial charge in [-0.3, -0.25) is 0 Å². The second-order valence-corrected chi connectivity index (χ2v) is 4.07.